The maximum absolute atomic E-state index is 13.9. The number of fused-ring (bicyclic) bond motifs is 1. The van der Waals surface area contributed by atoms with Crippen molar-refractivity contribution in [1.29, 1.82) is 0 Å². The number of anilines is 1. The number of carbonyl (C=O) groups excluding carboxylic acids is 1. The van der Waals surface area contributed by atoms with E-state index < -0.39 is 11.8 Å². The Morgan fingerprint density at radius 1 is 1.23 bits per heavy atom. The summed E-state index contributed by atoms with van der Waals surface area (Å²) in [6.07, 6.45) is 0.122. The summed E-state index contributed by atoms with van der Waals surface area (Å²) in [5.74, 6) is -1.50. The van der Waals surface area contributed by atoms with E-state index in [0.29, 0.717) is 22.6 Å². The van der Waals surface area contributed by atoms with Crippen molar-refractivity contribution in [2.24, 2.45) is 0 Å². The van der Waals surface area contributed by atoms with E-state index in [2.05, 4.69) is 5.32 Å². The molecule has 1 unspecified atom stereocenters. The molecule has 4 rings (SSSR count). The number of para-hydroxylation sites is 1. The monoisotopic (exact) mass is 425 g/mol. The molecule has 0 saturated carbocycles. The third-order valence-corrected chi connectivity index (χ3v) is 6.16. The standard InChI is InChI=1S/C23H20FNO4S/c1-12(2)29-17-9-4-3-8-15(17)16-11-18(26)25-20-19(13-6-5-7-14(24)10-13)22(23(27)28)30-21(16)20/h3-10,12,16H,11H2,1-2H3,(H,25,26)(H,27,28). The number of nitrogens with one attached hydrogen (secondary N) is 1. The molecule has 1 amide bonds. The summed E-state index contributed by atoms with van der Waals surface area (Å²) in [6.45, 7) is 3.84. The van der Waals surface area contributed by atoms with Crippen molar-refractivity contribution >= 4 is 28.9 Å². The highest BCUT2D eigenvalue weighted by Crippen LogP contribution is 2.50. The Morgan fingerprint density at radius 2 is 2.00 bits per heavy atom. The molecule has 0 aliphatic carbocycles. The second-order valence-electron chi connectivity index (χ2n) is 7.37. The Kier molecular flexibility index (Phi) is 5.30. The molecule has 1 atom stereocenters. The van der Waals surface area contributed by atoms with E-state index >= 15 is 0 Å². The molecule has 154 valence electrons. The molecule has 0 saturated heterocycles. The minimum Gasteiger partial charge on any atom is -0.491 e. The Labute approximate surface area is 177 Å². The summed E-state index contributed by atoms with van der Waals surface area (Å²) in [5.41, 5.74) is 2.01. The fourth-order valence-electron chi connectivity index (χ4n) is 3.74. The van der Waals surface area contributed by atoms with Crippen molar-refractivity contribution < 1.29 is 23.8 Å². The molecule has 3 aromatic rings. The Hall–Kier alpha value is -3.19. The van der Waals surface area contributed by atoms with Crippen LogP contribution in [0.3, 0.4) is 0 Å². The van der Waals surface area contributed by atoms with Gasteiger partial charge in [-0.3, -0.25) is 4.79 Å². The number of carboxylic acid groups (broad SMARTS) is 1. The quantitative estimate of drug-likeness (QED) is 0.565. The van der Waals surface area contributed by atoms with Crippen molar-refractivity contribution in [2.75, 3.05) is 5.32 Å². The number of benzene rings is 2. The molecule has 0 fully saturated rings. The molecule has 2 N–H and O–H groups in total. The van der Waals surface area contributed by atoms with E-state index in [1.54, 1.807) is 6.07 Å². The summed E-state index contributed by atoms with van der Waals surface area (Å²) in [7, 11) is 0. The van der Waals surface area contributed by atoms with Gasteiger partial charge in [-0.25, -0.2) is 9.18 Å². The lowest BCUT2D eigenvalue weighted by Gasteiger charge is -2.26. The largest absolute Gasteiger partial charge is 0.491 e. The summed E-state index contributed by atoms with van der Waals surface area (Å²) in [5, 5.41) is 12.6. The van der Waals surface area contributed by atoms with Gasteiger partial charge < -0.3 is 15.2 Å². The van der Waals surface area contributed by atoms with Gasteiger partial charge in [0.2, 0.25) is 5.91 Å². The normalized spacial score (nSPS) is 15.6. The average Bonchev–Trinajstić information content (AvgIpc) is 3.07. The van der Waals surface area contributed by atoms with Gasteiger partial charge in [0.1, 0.15) is 16.4 Å². The molecule has 0 radical (unpaired) electrons. The van der Waals surface area contributed by atoms with Gasteiger partial charge in [0.25, 0.3) is 0 Å². The zero-order chi connectivity index (χ0) is 21.4. The molecule has 2 heterocycles. The van der Waals surface area contributed by atoms with E-state index in [4.69, 9.17) is 4.74 Å². The first-order valence-electron chi connectivity index (χ1n) is 9.56. The van der Waals surface area contributed by atoms with Crippen LogP contribution in [0.15, 0.2) is 48.5 Å². The first-order valence-corrected chi connectivity index (χ1v) is 10.4. The number of hydrogen-bond acceptors (Lipinski definition) is 4. The highest BCUT2D eigenvalue weighted by molar-refractivity contribution is 7.15. The van der Waals surface area contributed by atoms with E-state index in [0.717, 1.165) is 21.8 Å². The third kappa shape index (κ3) is 3.68. The van der Waals surface area contributed by atoms with Gasteiger partial charge >= 0.3 is 5.97 Å². The van der Waals surface area contributed by atoms with Crippen molar-refractivity contribution in [3.8, 4) is 16.9 Å². The highest BCUT2D eigenvalue weighted by atomic mass is 32.1. The maximum atomic E-state index is 13.9. The molecule has 7 heteroatoms. The molecule has 0 spiro atoms. The van der Waals surface area contributed by atoms with Crippen LogP contribution in [0.4, 0.5) is 10.1 Å². The number of amides is 1. The molecule has 0 bridgehead atoms. The minimum absolute atomic E-state index is 0.0520. The van der Waals surface area contributed by atoms with Gasteiger partial charge in [-0.05, 0) is 37.6 Å². The van der Waals surface area contributed by atoms with E-state index in [1.165, 1.54) is 18.2 Å². The second kappa shape index (κ2) is 7.91. The fraction of sp³-hybridized carbons (Fsp3) is 0.217. The molecule has 5 nitrogen and oxygen atoms in total. The summed E-state index contributed by atoms with van der Waals surface area (Å²) in [4.78, 5) is 25.4. The molecule has 2 aromatic carbocycles. The lowest BCUT2D eigenvalue weighted by atomic mass is 9.88. The van der Waals surface area contributed by atoms with Crippen LogP contribution in [0, 0.1) is 5.82 Å². The molecule has 1 aliphatic heterocycles. The Bertz CT molecular complexity index is 1140. The van der Waals surface area contributed by atoms with Gasteiger partial charge in [-0.2, -0.15) is 0 Å². The zero-order valence-electron chi connectivity index (χ0n) is 16.4. The summed E-state index contributed by atoms with van der Waals surface area (Å²) >= 11 is 1.11. The maximum Gasteiger partial charge on any atom is 0.346 e. The Balaban J connectivity index is 1.93. The van der Waals surface area contributed by atoms with E-state index in [1.807, 2.05) is 38.1 Å². The lowest BCUT2D eigenvalue weighted by Crippen LogP contribution is -2.23. The first-order chi connectivity index (χ1) is 14.3. The highest BCUT2D eigenvalue weighted by Gasteiger charge is 2.35. The lowest BCUT2D eigenvalue weighted by molar-refractivity contribution is -0.116. The molecular formula is C23H20FNO4S. The number of carboxylic acids is 1. The van der Waals surface area contributed by atoms with Crippen molar-refractivity contribution in [3.63, 3.8) is 0 Å². The van der Waals surface area contributed by atoms with Crippen LogP contribution in [0.2, 0.25) is 0 Å². The van der Waals surface area contributed by atoms with Crippen LogP contribution in [-0.2, 0) is 4.79 Å². The van der Waals surface area contributed by atoms with Crippen LogP contribution < -0.4 is 10.1 Å². The Morgan fingerprint density at radius 3 is 2.70 bits per heavy atom. The number of aromatic carboxylic acids is 1. The van der Waals surface area contributed by atoms with Gasteiger partial charge in [0.15, 0.2) is 0 Å². The van der Waals surface area contributed by atoms with Gasteiger partial charge in [-0.1, -0.05) is 30.3 Å². The van der Waals surface area contributed by atoms with Crippen LogP contribution >= 0.6 is 11.3 Å². The number of thiophene rings is 1. The van der Waals surface area contributed by atoms with Crippen molar-refractivity contribution in [1.82, 2.24) is 0 Å². The van der Waals surface area contributed by atoms with Gasteiger partial charge in [-0.15, -0.1) is 11.3 Å². The van der Waals surface area contributed by atoms with Crippen LogP contribution in [-0.4, -0.2) is 23.1 Å². The van der Waals surface area contributed by atoms with Gasteiger partial charge in [0, 0.05) is 28.3 Å². The summed E-state index contributed by atoms with van der Waals surface area (Å²) in [6, 6.07) is 13.2. The topological polar surface area (TPSA) is 75.6 Å². The molecule has 1 aliphatic rings. The van der Waals surface area contributed by atoms with Crippen molar-refractivity contribution in [3.05, 3.63) is 69.7 Å². The van der Waals surface area contributed by atoms with Crippen LogP contribution in [0.1, 0.15) is 46.3 Å². The number of halogens is 1. The SMILES string of the molecule is CC(C)Oc1ccccc1C1CC(=O)Nc2c1sc(C(=O)O)c2-c1cccc(F)c1. The number of rotatable bonds is 5. The second-order valence-corrected chi connectivity index (χ2v) is 8.42. The van der Waals surface area contributed by atoms with E-state index in [9.17, 15) is 19.1 Å². The number of carbonyl (C=O) groups is 2. The fourth-order valence-corrected chi connectivity index (χ4v) is 4.97. The van der Waals surface area contributed by atoms with Crippen LogP contribution in [0.25, 0.3) is 11.1 Å². The number of ether oxygens (including phenoxy) is 1. The van der Waals surface area contributed by atoms with Gasteiger partial charge in [0.05, 0.1) is 11.8 Å². The first kappa shape index (κ1) is 20.1. The molecule has 30 heavy (non-hydrogen) atoms. The van der Waals surface area contributed by atoms with Crippen molar-refractivity contribution in [2.45, 2.75) is 32.3 Å². The molecular weight excluding hydrogens is 405 g/mol. The summed E-state index contributed by atoms with van der Waals surface area (Å²) < 4.78 is 19.8. The van der Waals surface area contributed by atoms with E-state index in [-0.39, 0.29) is 29.2 Å². The predicted octanol–water partition coefficient (Wildman–Crippen LogP) is 5.51. The smallest absolute Gasteiger partial charge is 0.346 e. The van der Waals surface area contributed by atoms with Crippen LogP contribution in [0.5, 0.6) is 5.75 Å². The predicted molar refractivity (Wildman–Crippen MR) is 114 cm³/mol. The third-order valence-electron chi connectivity index (χ3n) is 4.87. The molecule has 1 aromatic heterocycles. The zero-order valence-corrected chi connectivity index (χ0v) is 17.3. The average molecular weight is 425 g/mol. The number of hydrogen-bond donors (Lipinski definition) is 2. The minimum atomic E-state index is -1.12.